The average Bonchev–Trinajstić information content (AvgIpc) is 2.77. The zero-order valence-corrected chi connectivity index (χ0v) is 23.2. The van der Waals surface area contributed by atoms with E-state index in [1.54, 1.807) is 24.3 Å². The standard InChI is InChI=1S/C27H39N3O5S/c1-8-24(26(32)28-27(4,5)6)29(18-21-12-10-20(3)11-13-21)25(31)19-30(36(7,33)34)22-14-16-23(17-15-22)35-9-2/h10-17,24H,8-9,18-19H2,1-7H3,(H,28,32)/t24-/m1/s1. The molecule has 2 aromatic rings. The van der Waals surface area contributed by atoms with Crippen molar-refractivity contribution in [2.45, 2.75) is 66.1 Å². The maximum Gasteiger partial charge on any atom is 0.244 e. The highest BCUT2D eigenvalue weighted by Crippen LogP contribution is 2.23. The lowest BCUT2D eigenvalue weighted by molar-refractivity contribution is -0.141. The van der Waals surface area contributed by atoms with Crippen molar-refractivity contribution in [2.24, 2.45) is 0 Å². The third-order valence-electron chi connectivity index (χ3n) is 5.47. The predicted octanol–water partition coefficient (Wildman–Crippen LogP) is 3.88. The Labute approximate surface area is 215 Å². The van der Waals surface area contributed by atoms with E-state index in [1.807, 2.05) is 65.8 Å². The third-order valence-corrected chi connectivity index (χ3v) is 6.61. The van der Waals surface area contributed by atoms with Gasteiger partial charge >= 0.3 is 0 Å². The molecule has 0 unspecified atom stereocenters. The Morgan fingerprint density at radius 3 is 2.06 bits per heavy atom. The van der Waals surface area contributed by atoms with Crippen LogP contribution in [0.1, 0.15) is 52.2 Å². The van der Waals surface area contributed by atoms with Crippen LogP contribution >= 0.6 is 0 Å². The molecule has 0 aliphatic carbocycles. The number of sulfonamides is 1. The first kappa shape index (κ1) is 29.2. The van der Waals surface area contributed by atoms with Crippen molar-refractivity contribution >= 4 is 27.5 Å². The lowest BCUT2D eigenvalue weighted by atomic mass is 10.1. The van der Waals surface area contributed by atoms with Crippen LogP contribution in [-0.4, -0.2) is 56.1 Å². The zero-order chi connectivity index (χ0) is 27.1. The Bertz CT molecular complexity index is 1120. The number of ether oxygens (including phenoxy) is 1. The van der Waals surface area contributed by atoms with Crippen LogP contribution < -0.4 is 14.4 Å². The molecule has 0 saturated heterocycles. The number of nitrogens with one attached hydrogen (secondary N) is 1. The number of hydrogen-bond acceptors (Lipinski definition) is 5. The summed E-state index contributed by atoms with van der Waals surface area (Å²) in [5, 5.41) is 2.96. The number of carbonyl (C=O) groups is 2. The van der Waals surface area contributed by atoms with Crippen LogP contribution in [0.3, 0.4) is 0 Å². The molecule has 0 bridgehead atoms. The zero-order valence-electron chi connectivity index (χ0n) is 22.4. The summed E-state index contributed by atoms with van der Waals surface area (Å²) in [6.45, 7) is 11.5. The Morgan fingerprint density at radius 2 is 1.58 bits per heavy atom. The van der Waals surface area contributed by atoms with Gasteiger partial charge in [-0.15, -0.1) is 0 Å². The Morgan fingerprint density at radius 1 is 1.00 bits per heavy atom. The minimum Gasteiger partial charge on any atom is -0.494 e. The van der Waals surface area contributed by atoms with E-state index < -0.39 is 34.1 Å². The van der Waals surface area contributed by atoms with Gasteiger partial charge in [0.15, 0.2) is 0 Å². The largest absolute Gasteiger partial charge is 0.494 e. The maximum absolute atomic E-state index is 13.7. The molecular weight excluding hydrogens is 478 g/mol. The Balaban J connectivity index is 2.42. The fourth-order valence-electron chi connectivity index (χ4n) is 3.75. The van der Waals surface area contributed by atoms with Gasteiger partial charge in [0.1, 0.15) is 18.3 Å². The van der Waals surface area contributed by atoms with Gasteiger partial charge in [0.25, 0.3) is 0 Å². The van der Waals surface area contributed by atoms with Gasteiger partial charge in [-0.3, -0.25) is 13.9 Å². The van der Waals surface area contributed by atoms with Crippen molar-refractivity contribution in [1.29, 1.82) is 0 Å². The summed E-state index contributed by atoms with van der Waals surface area (Å²) in [5.74, 6) is -0.143. The molecule has 2 amide bonds. The topological polar surface area (TPSA) is 96.0 Å². The molecule has 0 radical (unpaired) electrons. The number of carbonyl (C=O) groups excluding carboxylic acids is 2. The Kier molecular flexibility index (Phi) is 9.93. The van der Waals surface area contributed by atoms with Crippen LogP contribution in [0.2, 0.25) is 0 Å². The van der Waals surface area contributed by atoms with Crippen LogP contribution in [0, 0.1) is 6.92 Å². The van der Waals surface area contributed by atoms with E-state index in [0.29, 0.717) is 24.5 Å². The van der Waals surface area contributed by atoms with Crippen LogP contribution in [0.15, 0.2) is 48.5 Å². The van der Waals surface area contributed by atoms with Crippen molar-refractivity contribution in [3.8, 4) is 5.75 Å². The molecule has 0 aliphatic heterocycles. The average molecular weight is 518 g/mol. The molecule has 1 N–H and O–H groups in total. The fourth-order valence-corrected chi connectivity index (χ4v) is 4.60. The Hall–Kier alpha value is -3.07. The highest BCUT2D eigenvalue weighted by atomic mass is 32.2. The van der Waals surface area contributed by atoms with Gasteiger partial charge in [0, 0.05) is 12.1 Å². The lowest BCUT2D eigenvalue weighted by Gasteiger charge is -2.34. The number of nitrogens with zero attached hydrogens (tertiary/aromatic N) is 2. The molecule has 36 heavy (non-hydrogen) atoms. The van der Waals surface area contributed by atoms with Crippen LogP contribution in [0.4, 0.5) is 5.69 Å². The van der Waals surface area contributed by atoms with Gasteiger partial charge < -0.3 is 15.0 Å². The number of rotatable bonds is 11. The summed E-state index contributed by atoms with van der Waals surface area (Å²) in [7, 11) is -3.79. The molecule has 2 rings (SSSR count). The molecule has 8 nitrogen and oxygen atoms in total. The summed E-state index contributed by atoms with van der Waals surface area (Å²) >= 11 is 0. The molecule has 9 heteroatoms. The maximum atomic E-state index is 13.7. The molecule has 0 heterocycles. The monoisotopic (exact) mass is 517 g/mol. The van der Waals surface area contributed by atoms with Gasteiger partial charge in [-0.1, -0.05) is 36.8 Å². The lowest BCUT2D eigenvalue weighted by Crippen LogP contribution is -2.55. The van der Waals surface area contributed by atoms with E-state index in [0.717, 1.165) is 21.7 Å². The van der Waals surface area contributed by atoms with Gasteiger partial charge in [-0.2, -0.15) is 0 Å². The van der Waals surface area contributed by atoms with Crippen molar-refractivity contribution in [3.05, 3.63) is 59.7 Å². The normalized spacial score (nSPS) is 12.5. The SMILES string of the molecule is CCOc1ccc(N(CC(=O)N(Cc2ccc(C)cc2)[C@H](CC)C(=O)NC(C)(C)C)S(C)(=O)=O)cc1. The molecule has 198 valence electrons. The van der Waals surface area contributed by atoms with Crippen LogP contribution in [-0.2, 0) is 26.2 Å². The number of hydrogen-bond donors (Lipinski definition) is 1. The highest BCUT2D eigenvalue weighted by molar-refractivity contribution is 7.92. The van der Waals surface area contributed by atoms with Gasteiger partial charge in [-0.25, -0.2) is 8.42 Å². The second-order valence-corrected chi connectivity index (χ2v) is 11.8. The van der Waals surface area contributed by atoms with E-state index >= 15 is 0 Å². The second kappa shape index (κ2) is 12.3. The van der Waals surface area contributed by atoms with E-state index in [9.17, 15) is 18.0 Å². The molecular formula is C27H39N3O5S. The van der Waals surface area contributed by atoms with Crippen molar-refractivity contribution in [1.82, 2.24) is 10.2 Å². The first-order chi connectivity index (χ1) is 16.7. The number of benzene rings is 2. The molecule has 1 atom stereocenters. The van der Waals surface area contributed by atoms with E-state index in [1.165, 1.54) is 4.90 Å². The number of aryl methyl sites for hydroxylation is 1. The summed E-state index contributed by atoms with van der Waals surface area (Å²) in [5.41, 5.74) is 1.79. The van der Waals surface area contributed by atoms with Gasteiger partial charge in [0.05, 0.1) is 18.6 Å². The van der Waals surface area contributed by atoms with E-state index in [-0.39, 0.29) is 12.5 Å². The van der Waals surface area contributed by atoms with Crippen LogP contribution in [0.25, 0.3) is 0 Å². The minimum atomic E-state index is -3.79. The molecule has 0 spiro atoms. The molecule has 0 aromatic heterocycles. The first-order valence-electron chi connectivity index (χ1n) is 12.1. The van der Waals surface area contributed by atoms with Crippen molar-refractivity contribution < 1.29 is 22.7 Å². The summed E-state index contributed by atoms with van der Waals surface area (Å²) in [4.78, 5) is 28.4. The predicted molar refractivity (Wildman–Crippen MR) is 144 cm³/mol. The van der Waals surface area contributed by atoms with E-state index in [2.05, 4.69) is 5.32 Å². The highest BCUT2D eigenvalue weighted by Gasteiger charge is 2.33. The van der Waals surface area contributed by atoms with E-state index in [4.69, 9.17) is 4.74 Å². The first-order valence-corrected chi connectivity index (χ1v) is 14.0. The third kappa shape index (κ3) is 8.55. The number of amides is 2. The van der Waals surface area contributed by atoms with Crippen molar-refractivity contribution in [2.75, 3.05) is 23.7 Å². The fraction of sp³-hybridized carbons (Fsp3) is 0.481. The quantitative estimate of drug-likeness (QED) is 0.488. The minimum absolute atomic E-state index is 0.177. The number of anilines is 1. The van der Waals surface area contributed by atoms with Gasteiger partial charge in [0.2, 0.25) is 21.8 Å². The molecule has 0 saturated carbocycles. The second-order valence-electron chi connectivity index (χ2n) is 9.87. The molecule has 0 fully saturated rings. The summed E-state index contributed by atoms with van der Waals surface area (Å²) in [6.07, 6.45) is 1.44. The molecule has 2 aromatic carbocycles. The summed E-state index contributed by atoms with van der Waals surface area (Å²) in [6, 6.07) is 13.5. The smallest absolute Gasteiger partial charge is 0.244 e. The summed E-state index contributed by atoms with van der Waals surface area (Å²) < 4.78 is 31.9. The van der Waals surface area contributed by atoms with Crippen molar-refractivity contribution in [3.63, 3.8) is 0 Å². The molecule has 0 aliphatic rings. The van der Waals surface area contributed by atoms with Gasteiger partial charge in [-0.05, 0) is 70.9 Å². The van der Waals surface area contributed by atoms with Crippen LogP contribution in [0.5, 0.6) is 5.75 Å².